The number of oxazole rings is 1. The SMILES string of the molecule is Cc1ccc(C(=O)C(OC(=O)CSc2nc3ccccc3o2)c2ccc(C)cc2)cc1. The second-order valence-electron chi connectivity index (χ2n) is 7.25. The Bertz CT molecular complexity index is 1180. The van der Waals surface area contributed by atoms with Crippen LogP contribution in [0.5, 0.6) is 0 Å². The smallest absolute Gasteiger partial charge is 0.317 e. The molecule has 0 amide bonds. The molecule has 1 unspecified atom stereocenters. The molecule has 0 fully saturated rings. The molecule has 1 heterocycles. The second-order valence-corrected chi connectivity index (χ2v) is 8.17. The predicted octanol–water partition coefficient (Wildman–Crippen LogP) is 5.70. The summed E-state index contributed by atoms with van der Waals surface area (Å²) in [6.07, 6.45) is -1.01. The molecular formula is C25H21NO4S. The van der Waals surface area contributed by atoms with Gasteiger partial charge in [0, 0.05) is 11.1 Å². The summed E-state index contributed by atoms with van der Waals surface area (Å²) >= 11 is 1.14. The third kappa shape index (κ3) is 5.03. The number of ether oxygens (including phenoxy) is 1. The van der Waals surface area contributed by atoms with Gasteiger partial charge in [0.2, 0.25) is 5.78 Å². The fourth-order valence-electron chi connectivity index (χ4n) is 3.08. The van der Waals surface area contributed by atoms with E-state index in [9.17, 15) is 9.59 Å². The highest BCUT2D eigenvalue weighted by molar-refractivity contribution is 7.99. The molecule has 5 nitrogen and oxygen atoms in total. The van der Waals surface area contributed by atoms with Crippen LogP contribution in [-0.4, -0.2) is 22.5 Å². The Hall–Kier alpha value is -3.38. The molecule has 0 radical (unpaired) electrons. The van der Waals surface area contributed by atoms with Crippen molar-refractivity contribution in [2.24, 2.45) is 0 Å². The zero-order valence-electron chi connectivity index (χ0n) is 17.2. The van der Waals surface area contributed by atoms with Crippen molar-refractivity contribution in [1.29, 1.82) is 0 Å². The summed E-state index contributed by atoms with van der Waals surface area (Å²) in [4.78, 5) is 30.1. The zero-order valence-corrected chi connectivity index (χ0v) is 18.0. The average Bonchev–Trinajstić information content (AvgIpc) is 3.20. The Morgan fingerprint density at radius 1 is 0.935 bits per heavy atom. The van der Waals surface area contributed by atoms with E-state index in [0.717, 1.165) is 28.4 Å². The quantitative estimate of drug-likeness (QED) is 0.212. The Kier molecular flexibility index (Phi) is 6.18. The van der Waals surface area contributed by atoms with Crippen LogP contribution in [0.1, 0.15) is 33.2 Å². The van der Waals surface area contributed by atoms with Gasteiger partial charge in [0.25, 0.3) is 5.22 Å². The summed E-state index contributed by atoms with van der Waals surface area (Å²) in [6, 6.07) is 22.0. The molecule has 1 aromatic heterocycles. The number of esters is 1. The van der Waals surface area contributed by atoms with Crippen LogP contribution < -0.4 is 0 Å². The number of thioether (sulfide) groups is 1. The predicted molar refractivity (Wildman–Crippen MR) is 120 cm³/mol. The Balaban J connectivity index is 1.50. The zero-order chi connectivity index (χ0) is 21.8. The van der Waals surface area contributed by atoms with E-state index < -0.39 is 12.1 Å². The van der Waals surface area contributed by atoms with Gasteiger partial charge in [0.05, 0.1) is 0 Å². The number of benzene rings is 3. The van der Waals surface area contributed by atoms with Crippen LogP contribution >= 0.6 is 11.8 Å². The lowest BCUT2D eigenvalue weighted by Gasteiger charge is -2.17. The monoisotopic (exact) mass is 431 g/mol. The number of para-hydroxylation sites is 2. The van der Waals surface area contributed by atoms with Crippen molar-refractivity contribution in [3.05, 3.63) is 95.1 Å². The maximum absolute atomic E-state index is 13.2. The van der Waals surface area contributed by atoms with Crippen LogP contribution in [-0.2, 0) is 9.53 Å². The largest absolute Gasteiger partial charge is 0.448 e. The van der Waals surface area contributed by atoms with E-state index in [1.54, 1.807) is 12.1 Å². The molecule has 6 heteroatoms. The van der Waals surface area contributed by atoms with E-state index in [4.69, 9.17) is 9.15 Å². The van der Waals surface area contributed by atoms with Gasteiger partial charge in [0.1, 0.15) is 11.3 Å². The van der Waals surface area contributed by atoms with E-state index >= 15 is 0 Å². The molecule has 1 atom stereocenters. The van der Waals surface area contributed by atoms with Gasteiger partial charge >= 0.3 is 5.97 Å². The Labute approximate surface area is 184 Å². The van der Waals surface area contributed by atoms with Crippen molar-refractivity contribution in [3.8, 4) is 0 Å². The lowest BCUT2D eigenvalue weighted by molar-refractivity contribution is -0.144. The summed E-state index contributed by atoms with van der Waals surface area (Å²) in [7, 11) is 0. The number of ketones is 1. The van der Waals surface area contributed by atoms with Crippen LogP contribution in [0, 0.1) is 13.8 Å². The summed E-state index contributed by atoms with van der Waals surface area (Å²) in [5.41, 5.74) is 4.63. The Morgan fingerprint density at radius 3 is 2.26 bits per heavy atom. The third-order valence-electron chi connectivity index (χ3n) is 4.79. The molecule has 0 spiro atoms. The summed E-state index contributed by atoms with van der Waals surface area (Å²) < 4.78 is 11.3. The number of hydrogen-bond donors (Lipinski definition) is 0. The van der Waals surface area contributed by atoms with Crippen LogP contribution in [0.25, 0.3) is 11.1 Å². The summed E-state index contributed by atoms with van der Waals surface area (Å²) in [5, 5.41) is 0.384. The molecule has 31 heavy (non-hydrogen) atoms. The van der Waals surface area contributed by atoms with E-state index in [0.29, 0.717) is 21.9 Å². The van der Waals surface area contributed by atoms with E-state index in [2.05, 4.69) is 4.98 Å². The number of rotatable bonds is 7. The molecule has 4 rings (SSSR count). The number of aromatic nitrogens is 1. The number of Topliss-reactive ketones (excluding diaryl/α,β-unsaturated/α-hetero) is 1. The number of carbonyl (C=O) groups excluding carboxylic acids is 2. The van der Waals surface area contributed by atoms with Crippen LogP contribution in [0.4, 0.5) is 0 Å². The Morgan fingerprint density at radius 2 is 1.58 bits per heavy atom. The van der Waals surface area contributed by atoms with Gasteiger partial charge < -0.3 is 9.15 Å². The first-order valence-corrected chi connectivity index (χ1v) is 10.8. The lowest BCUT2D eigenvalue weighted by Crippen LogP contribution is -2.21. The van der Waals surface area contributed by atoms with Gasteiger partial charge in [-0.25, -0.2) is 4.98 Å². The first kappa shape index (κ1) is 20.9. The number of nitrogens with zero attached hydrogens (tertiary/aromatic N) is 1. The summed E-state index contributed by atoms with van der Waals surface area (Å²) in [5.74, 6) is -0.793. The molecule has 156 valence electrons. The molecule has 0 saturated heterocycles. The molecule has 3 aromatic carbocycles. The van der Waals surface area contributed by atoms with E-state index in [1.165, 1.54) is 0 Å². The maximum atomic E-state index is 13.2. The van der Waals surface area contributed by atoms with Gasteiger partial charge in [-0.15, -0.1) is 0 Å². The molecule has 0 aliphatic heterocycles. The van der Waals surface area contributed by atoms with Crippen molar-refractivity contribution in [2.45, 2.75) is 25.2 Å². The topological polar surface area (TPSA) is 69.4 Å². The minimum absolute atomic E-state index is 0.0175. The van der Waals surface area contributed by atoms with Crippen molar-refractivity contribution < 1.29 is 18.7 Å². The number of aryl methyl sites for hydroxylation is 2. The first-order valence-electron chi connectivity index (χ1n) is 9.85. The van der Waals surface area contributed by atoms with Crippen molar-refractivity contribution >= 4 is 34.6 Å². The number of fused-ring (bicyclic) bond motifs is 1. The minimum Gasteiger partial charge on any atom is -0.448 e. The second kappa shape index (κ2) is 9.18. The third-order valence-corrected chi connectivity index (χ3v) is 5.59. The molecule has 0 saturated carbocycles. The molecular weight excluding hydrogens is 410 g/mol. The van der Waals surface area contributed by atoms with Crippen molar-refractivity contribution in [1.82, 2.24) is 4.98 Å². The fraction of sp³-hybridized carbons (Fsp3) is 0.160. The highest BCUT2D eigenvalue weighted by Gasteiger charge is 2.26. The van der Waals surface area contributed by atoms with Crippen LogP contribution in [0.3, 0.4) is 0 Å². The van der Waals surface area contributed by atoms with Crippen molar-refractivity contribution in [3.63, 3.8) is 0 Å². The van der Waals surface area contributed by atoms with E-state index in [-0.39, 0.29) is 11.5 Å². The van der Waals surface area contributed by atoms with Crippen LogP contribution in [0.15, 0.2) is 82.4 Å². The van der Waals surface area contributed by atoms with Gasteiger partial charge in [-0.05, 0) is 26.0 Å². The van der Waals surface area contributed by atoms with Gasteiger partial charge in [-0.1, -0.05) is 83.6 Å². The maximum Gasteiger partial charge on any atom is 0.317 e. The molecule has 4 aromatic rings. The fourth-order valence-corrected chi connectivity index (χ4v) is 3.70. The normalized spacial score (nSPS) is 11.9. The standard InChI is InChI=1S/C25H21NO4S/c1-16-7-11-18(12-8-16)23(28)24(19-13-9-17(2)10-14-19)30-22(27)15-31-25-26-20-5-3-4-6-21(20)29-25/h3-14,24H,15H2,1-2H3. The highest BCUT2D eigenvalue weighted by Crippen LogP contribution is 2.26. The number of carbonyl (C=O) groups is 2. The molecule has 0 N–H and O–H groups in total. The average molecular weight is 432 g/mol. The van der Waals surface area contributed by atoms with Gasteiger partial charge in [-0.2, -0.15) is 0 Å². The minimum atomic E-state index is -1.01. The highest BCUT2D eigenvalue weighted by atomic mass is 32.2. The van der Waals surface area contributed by atoms with Crippen LogP contribution in [0.2, 0.25) is 0 Å². The number of hydrogen-bond acceptors (Lipinski definition) is 6. The van der Waals surface area contributed by atoms with Gasteiger partial charge in [-0.3, -0.25) is 9.59 Å². The van der Waals surface area contributed by atoms with E-state index in [1.807, 2.05) is 74.5 Å². The molecule has 0 aliphatic rings. The lowest BCUT2D eigenvalue weighted by atomic mass is 9.98. The summed E-state index contributed by atoms with van der Waals surface area (Å²) in [6.45, 7) is 3.92. The molecule has 0 aliphatic carbocycles. The molecule has 0 bridgehead atoms. The first-order chi connectivity index (χ1) is 15.0. The van der Waals surface area contributed by atoms with Crippen molar-refractivity contribution in [2.75, 3.05) is 5.75 Å². The van der Waals surface area contributed by atoms with Gasteiger partial charge in [0.15, 0.2) is 11.7 Å².